The van der Waals surface area contributed by atoms with Crippen molar-refractivity contribution in [3.8, 4) is 0 Å². The van der Waals surface area contributed by atoms with Gasteiger partial charge in [0, 0.05) is 79.6 Å². The molecule has 2 aliphatic heterocycles. The van der Waals surface area contributed by atoms with Crippen molar-refractivity contribution in [3.05, 3.63) is 71.8 Å². The first-order chi connectivity index (χ1) is 33.1. The van der Waals surface area contributed by atoms with Crippen LogP contribution < -0.4 is 10.6 Å². The fraction of sp³-hybridized carbons (Fsp3) is 0.577. The van der Waals surface area contributed by atoms with E-state index in [-0.39, 0.29) is 99.4 Å². The van der Waals surface area contributed by atoms with Crippen LogP contribution in [-0.2, 0) is 47.9 Å². The number of aliphatic hydroxyl groups is 2. The lowest BCUT2D eigenvalue weighted by molar-refractivity contribution is -0.136. The van der Waals surface area contributed by atoms with E-state index >= 15 is 0 Å². The molecular formula is C52H74N6O12. The van der Waals surface area contributed by atoms with E-state index in [2.05, 4.69) is 10.6 Å². The minimum atomic E-state index is -1.37. The summed E-state index contributed by atoms with van der Waals surface area (Å²) in [5.41, 5.74) is 1.26. The number of carbonyl (C=O) groups is 10. The molecule has 0 spiro atoms. The van der Waals surface area contributed by atoms with Crippen LogP contribution in [0.2, 0.25) is 0 Å². The highest BCUT2D eigenvalue weighted by atomic mass is 16.3. The lowest BCUT2D eigenvalue weighted by Crippen LogP contribution is -2.40. The van der Waals surface area contributed by atoms with E-state index in [1.807, 2.05) is 26.0 Å². The Morgan fingerprint density at radius 2 is 0.900 bits per heavy atom. The largest absolute Gasteiger partial charge is 0.385 e. The zero-order valence-electron chi connectivity index (χ0n) is 42.1. The normalized spacial score (nSPS) is 18.5. The Kier molecular flexibility index (Phi) is 24.0. The highest BCUT2D eigenvalue weighted by Gasteiger charge is 2.38. The molecule has 0 radical (unpaired) electrons. The second-order valence-corrected chi connectivity index (χ2v) is 18.9. The number of nitrogens with one attached hydrogen (secondary N) is 2. The van der Waals surface area contributed by atoms with Crippen molar-refractivity contribution in [2.75, 3.05) is 55.4 Å². The van der Waals surface area contributed by atoms with Gasteiger partial charge < -0.3 is 30.6 Å². The van der Waals surface area contributed by atoms with Gasteiger partial charge in [0.05, 0.1) is 25.2 Å². The van der Waals surface area contributed by atoms with E-state index in [0.717, 1.165) is 0 Å². The van der Waals surface area contributed by atoms with Crippen LogP contribution in [0.4, 0.5) is 0 Å². The van der Waals surface area contributed by atoms with Crippen molar-refractivity contribution in [1.82, 2.24) is 30.2 Å². The molecule has 0 bridgehead atoms. The Balaban J connectivity index is 0.000000370. The van der Waals surface area contributed by atoms with Crippen molar-refractivity contribution in [2.45, 2.75) is 127 Å². The molecule has 2 aromatic rings. The highest BCUT2D eigenvalue weighted by Crippen LogP contribution is 2.26. The molecule has 2 heterocycles. The predicted octanol–water partition coefficient (Wildman–Crippen LogP) is 2.58. The minimum absolute atomic E-state index is 0.00193. The van der Waals surface area contributed by atoms with Gasteiger partial charge in [-0.1, -0.05) is 87.4 Å². The van der Waals surface area contributed by atoms with Crippen molar-refractivity contribution < 1.29 is 58.2 Å². The number of nitrogens with zero attached hydrogens (tertiary/aromatic N) is 4. The number of rotatable bonds is 26. The number of carbonyl (C=O) groups excluding carboxylic acids is 10. The standard InChI is InChI=1S/2C26H37N3O6/c2*1-5-9-18(14-22(32)20-15-19(30)16-29(20)4)25(34)21(31)12-13-23(33)27-24(26(35)28(2)3)17-10-7-6-8-11-17/h2*6-8,10-11,18,20,24-25,34H,5,9,12-16H2,1-4H3,(H,27,33)/t2*18?,20-,24-,25?/m00/s1. The first-order valence-corrected chi connectivity index (χ1v) is 24.1. The van der Waals surface area contributed by atoms with Crippen LogP contribution in [0.3, 0.4) is 0 Å². The predicted molar refractivity (Wildman–Crippen MR) is 261 cm³/mol. The molecule has 4 amide bonds. The van der Waals surface area contributed by atoms with Crippen LogP contribution in [-0.4, -0.2) is 168 Å². The van der Waals surface area contributed by atoms with E-state index in [1.54, 1.807) is 101 Å². The van der Waals surface area contributed by atoms with Gasteiger partial charge >= 0.3 is 0 Å². The Morgan fingerprint density at radius 3 is 1.17 bits per heavy atom. The molecule has 2 fully saturated rings. The van der Waals surface area contributed by atoms with Crippen LogP contribution in [0, 0.1) is 11.8 Å². The van der Waals surface area contributed by atoms with Gasteiger partial charge in [0.15, 0.2) is 23.1 Å². The topological polar surface area (TPSA) is 248 Å². The Labute approximate surface area is 411 Å². The molecule has 2 aromatic carbocycles. The summed E-state index contributed by atoms with van der Waals surface area (Å²) in [4.78, 5) is 131. The van der Waals surface area contributed by atoms with E-state index in [9.17, 15) is 58.2 Å². The zero-order chi connectivity index (χ0) is 52.2. The molecule has 0 aromatic heterocycles. The van der Waals surface area contributed by atoms with Gasteiger partial charge in [-0.3, -0.25) is 57.7 Å². The lowest BCUT2D eigenvalue weighted by Gasteiger charge is -2.24. The fourth-order valence-electron chi connectivity index (χ4n) is 8.79. The molecule has 384 valence electrons. The number of Topliss-reactive ketones (excluding diaryl/α,β-unsaturated/α-hetero) is 6. The van der Waals surface area contributed by atoms with Gasteiger partial charge in [0.2, 0.25) is 23.6 Å². The molecular weight excluding hydrogens is 901 g/mol. The molecule has 4 rings (SSSR count). The second kappa shape index (κ2) is 28.7. The second-order valence-electron chi connectivity index (χ2n) is 18.9. The van der Waals surface area contributed by atoms with E-state index in [0.29, 0.717) is 36.8 Å². The van der Waals surface area contributed by atoms with Crippen molar-refractivity contribution >= 4 is 58.3 Å². The number of ketones is 6. The van der Waals surface area contributed by atoms with Crippen LogP contribution in [0.5, 0.6) is 0 Å². The molecule has 4 N–H and O–H groups in total. The van der Waals surface area contributed by atoms with E-state index < -0.39 is 71.6 Å². The molecule has 0 aliphatic carbocycles. The maximum Gasteiger partial charge on any atom is 0.249 e. The zero-order valence-corrected chi connectivity index (χ0v) is 42.1. The monoisotopic (exact) mass is 975 g/mol. The first kappa shape index (κ1) is 58.5. The SMILES string of the molecule is CCCC(CC(=O)[C@@H]1CC(=O)CN1C)C(O)C(=O)CCC(=O)N[C@H](C(=O)N(C)C)c1ccccc1.CCCC(CC(=O)[C@@H]1CC(=O)CN1C)C(O)C(=O)CCC(=O)N[C@H](C(=O)N(C)C)c1ccccc1. The Morgan fingerprint density at radius 1 is 0.571 bits per heavy atom. The Hall–Kier alpha value is -5.82. The maximum absolute atomic E-state index is 12.7. The lowest BCUT2D eigenvalue weighted by atomic mass is 9.86. The first-order valence-electron chi connectivity index (χ1n) is 24.1. The summed E-state index contributed by atoms with van der Waals surface area (Å²) < 4.78 is 0. The molecule has 18 nitrogen and oxygen atoms in total. The average Bonchev–Trinajstić information content (AvgIpc) is 3.87. The van der Waals surface area contributed by atoms with Crippen molar-refractivity contribution in [3.63, 3.8) is 0 Å². The van der Waals surface area contributed by atoms with Gasteiger partial charge in [0.1, 0.15) is 35.9 Å². The summed E-state index contributed by atoms with van der Waals surface area (Å²) >= 11 is 0. The number of hydrogen-bond acceptors (Lipinski definition) is 14. The Bertz CT molecular complexity index is 1980. The van der Waals surface area contributed by atoms with Gasteiger partial charge in [-0.25, -0.2) is 0 Å². The van der Waals surface area contributed by atoms with E-state index in [1.165, 1.54) is 9.80 Å². The average molecular weight is 975 g/mol. The molecule has 18 heteroatoms. The summed E-state index contributed by atoms with van der Waals surface area (Å²) in [6.07, 6.45) is -0.914. The third-order valence-corrected chi connectivity index (χ3v) is 12.7. The minimum Gasteiger partial charge on any atom is -0.385 e. The number of likely N-dealkylation sites (tertiary alicyclic amines) is 2. The van der Waals surface area contributed by atoms with Crippen LogP contribution in [0.25, 0.3) is 0 Å². The van der Waals surface area contributed by atoms with Crippen LogP contribution in [0.15, 0.2) is 60.7 Å². The van der Waals surface area contributed by atoms with Gasteiger partial charge in [-0.05, 0) is 49.9 Å². The maximum atomic E-state index is 12.7. The highest BCUT2D eigenvalue weighted by molar-refractivity contribution is 5.97. The quantitative estimate of drug-likeness (QED) is 0.106. The number of amides is 4. The number of likely N-dealkylation sites (N-methyl/N-ethyl adjacent to an activating group) is 4. The third-order valence-electron chi connectivity index (χ3n) is 12.7. The molecule has 70 heavy (non-hydrogen) atoms. The molecule has 8 atom stereocenters. The number of aliphatic hydroxyl groups excluding tert-OH is 2. The molecule has 0 saturated carbocycles. The fourth-order valence-corrected chi connectivity index (χ4v) is 8.79. The summed E-state index contributed by atoms with van der Waals surface area (Å²) in [6.45, 7) is 4.26. The summed E-state index contributed by atoms with van der Waals surface area (Å²) in [7, 11) is 9.81. The van der Waals surface area contributed by atoms with E-state index in [4.69, 9.17) is 0 Å². The summed E-state index contributed by atoms with van der Waals surface area (Å²) in [6, 6.07) is 14.9. The van der Waals surface area contributed by atoms with Gasteiger partial charge in [0.25, 0.3) is 0 Å². The van der Waals surface area contributed by atoms with Crippen LogP contribution >= 0.6 is 0 Å². The van der Waals surface area contributed by atoms with Gasteiger partial charge in [-0.15, -0.1) is 0 Å². The summed E-state index contributed by atoms with van der Waals surface area (Å²) in [5.74, 6) is -4.05. The molecule has 2 saturated heterocycles. The smallest absolute Gasteiger partial charge is 0.249 e. The van der Waals surface area contributed by atoms with Crippen LogP contribution in [0.1, 0.15) is 114 Å². The number of benzene rings is 2. The van der Waals surface area contributed by atoms with Crippen molar-refractivity contribution in [1.29, 1.82) is 0 Å². The summed E-state index contributed by atoms with van der Waals surface area (Å²) in [5, 5.41) is 26.7. The molecule has 4 unspecified atom stereocenters. The number of hydrogen-bond donors (Lipinski definition) is 4. The third kappa shape index (κ3) is 17.9. The molecule has 2 aliphatic rings. The van der Waals surface area contributed by atoms with Crippen molar-refractivity contribution in [2.24, 2.45) is 11.8 Å². The van der Waals surface area contributed by atoms with Gasteiger partial charge in [-0.2, -0.15) is 0 Å².